The van der Waals surface area contributed by atoms with Crippen molar-refractivity contribution < 1.29 is 0 Å². The largest absolute Gasteiger partial charge is 0.300 e. The first-order valence-corrected chi connectivity index (χ1v) is 9.01. The van der Waals surface area contributed by atoms with Crippen molar-refractivity contribution in [1.29, 1.82) is 0 Å². The summed E-state index contributed by atoms with van der Waals surface area (Å²) in [5.41, 5.74) is 0. The number of hydrogen-bond donors (Lipinski definition) is 0. The van der Waals surface area contributed by atoms with Crippen molar-refractivity contribution in [2.24, 2.45) is 17.8 Å². The lowest BCUT2D eigenvalue weighted by atomic mass is 9.85. The SMILES string of the molecule is CC1CCCC(CI)CC2CCN1C[C@H](C)C2. The molecule has 0 saturated carbocycles. The normalized spacial score (nSPS) is 44.3. The zero-order chi connectivity index (χ0) is 12.3. The predicted molar refractivity (Wildman–Crippen MR) is 83.8 cm³/mol. The quantitative estimate of drug-likeness (QED) is 0.503. The van der Waals surface area contributed by atoms with Gasteiger partial charge in [-0.15, -0.1) is 0 Å². The Morgan fingerprint density at radius 1 is 1.12 bits per heavy atom. The molecule has 4 unspecified atom stereocenters. The van der Waals surface area contributed by atoms with Gasteiger partial charge in [0.1, 0.15) is 0 Å². The van der Waals surface area contributed by atoms with Gasteiger partial charge >= 0.3 is 0 Å². The van der Waals surface area contributed by atoms with Crippen LogP contribution >= 0.6 is 22.6 Å². The first kappa shape index (κ1) is 14.1. The molecule has 2 rings (SSSR count). The van der Waals surface area contributed by atoms with Crippen LogP contribution in [-0.4, -0.2) is 28.5 Å². The van der Waals surface area contributed by atoms with Gasteiger partial charge in [0.05, 0.1) is 0 Å². The van der Waals surface area contributed by atoms with Gasteiger partial charge in [0.25, 0.3) is 0 Å². The Hall–Kier alpha value is 0.690. The molecule has 0 aromatic carbocycles. The number of rotatable bonds is 1. The Bertz CT molecular complexity index is 231. The van der Waals surface area contributed by atoms with Crippen LogP contribution in [0.25, 0.3) is 0 Å². The van der Waals surface area contributed by atoms with Crippen LogP contribution in [0, 0.1) is 17.8 Å². The molecule has 0 amide bonds. The zero-order valence-corrected chi connectivity index (χ0v) is 13.7. The third kappa shape index (κ3) is 4.09. The summed E-state index contributed by atoms with van der Waals surface area (Å²) < 4.78 is 1.38. The topological polar surface area (TPSA) is 3.24 Å². The summed E-state index contributed by atoms with van der Waals surface area (Å²) in [7, 11) is 0. The van der Waals surface area contributed by atoms with Gasteiger partial charge in [-0.2, -0.15) is 0 Å². The lowest BCUT2D eigenvalue weighted by molar-refractivity contribution is 0.179. The molecule has 2 aliphatic rings. The van der Waals surface area contributed by atoms with Crippen LogP contribution in [0.2, 0.25) is 0 Å². The van der Waals surface area contributed by atoms with Crippen LogP contribution in [0.5, 0.6) is 0 Å². The molecule has 1 nitrogen and oxygen atoms in total. The van der Waals surface area contributed by atoms with Crippen LogP contribution < -0.4 is 0 Å². The predicted octanol–water partition coefficient (Wildman–Crippen LogP) is 4.35. The van der Waals surface area contributed by atoms with E-state index in [9.17, 15) is 0 Å². The first-order chi connectivity index (χ1) is 8.19. The number of halogens is 1. The number of nitrogens with zero attached hydrogens (tertiary/aromatic N) is 1. The number of hydrogen-bond acceptors (Lipinski definition) is 1. The molecule has 0 aromatic heterocycles. The van der Waals surface area contributed by atoms with Crippen molar-refractivity contribution in [3.8, 4) is 0 Å². The Balaban J connectivity index is 2.06. The van der Waals surface area contributed by atoms with Gasteiger partial charge in [0, 0.05) is 17.0 Å². The molecular formula is C15H28IN. The van der Waals surface area contributed by atoms with Crippen molar-refractivity contribution in [2.45, 2.75) is 58.4 Å². The minimum Gasteiger partial charge on any atom is -0.300 e. The summed E-state index contributed by atoms with van der Waals surface area (Å²) in [5, 5.41) is 0. The maximum atomic E-state index is 2.77. The van der Waals surface area contributed by atoms with Crippen molar-refractivity contribution in [2.75, 3.05) is 17.5 Å². The Morgan fingerprint density at radius 2 is 1.94 bits per heavy atom. The van der Waals surface area contributed by atoms with Crippen LogP contribution in [0.1, 0.15) is 52.4 Å². The fourth-order valence-electron chi connectivity index (χ4n) is 3.83. The summed E-state index contributed by atoms with van der Waals surface area (Å²) in [6, 6.07) is 0.823. The molecule has 2 saturated heterocycles. The summed E-state index contributed by atoms with van der Waals surface area (Å²) >= 11 is 2.61. The van der Waals surface area contributed by atoms with Gasteiger partial charge in [-0.25, -0.2) is 0 Å². The third-order valence-electron chi connectivity index (χ3n) is 4.85. The van der Waals surface area contributed by atoms with Crippen molar-refractivity contribution in [1.82, 2.24) is 4.90 Å². The molecule has 0 radical (unpaired) electrons. The standard InChI is InChI=1S/C15H28IN/c1-12-8-14-6-7-17(11-12)13(2)4-3-5-15(9-14)10-16/h12-15H,3-11H2,1-2H3/t12-,13?,14?,15?/m1/s1. The van der Waals surface area contributed by atoms with Crippen molar-refractivity contribution in [3.05, 3.63) is 0 Å². The van der Waals surface area contributed by atoms with E-state index in [1.54, 1.807) is 0 Å². The average molecular weight is 349 g/mol. The maximum absolute atomic E-state index is 2.77. The number of alkyl halides is 1. The van der Waals surface area contributed by atoms with Gasteiger partial charge < -0.3 is 4.90 Å². The minimum atomic E-state index is 0.823. The smallest absolute Gasteiger partial charge is 0.00670 e. The molecule has 0 aliphatic carbocycles. The fraction of sp³-hybridized carbons (Fsp3) is 1.00. The van der Waals surface area contributed by atoms with E-state index in [1.807, 2.05) is 0 Å². The van der Waals surface area contributed by atoms with Crippen molar-refractivity contribution >= 4 is 22.6 Å². The second kappa shape index (κ2) is 6.74. The number of fused-ring (bicyclic) bond motifs is 3. The van der Waals surface area contributed by atoms with E-state index in [4.69, 9.17) is 0 Å². The van der Waals surface area contributed by atoms with E-state index in [-0.39, 0.29) is 0 Å². The summed E-state index contributed by atoms with van der Waals surface area (Å²) in [6.45, 7) is 7.64. The summed E-state index contributed by atoms with van der Waals surface area (Å²) in [6.07, 6.45) is 8.80. The van der Waals surface area contributed by atoms with E-state index < -0.39 is 0 Å². The van der Waals surface area contributed by atoms with Crippen LogP contribution in [0.4, 0.5) is 0 Å². The molecule has 0 aromatic rings. The molecule has 17 heavy (non-hydrogen) atoms. The molecule has 2 aliphatic heterocycles. The van der Waals surface area contributed by atoms with Crippen molar-refractivity contribution in [3.63, 3.8) is 0 Å². The third-order valence-corrected chi connectivity index (χ3v) is 6.09. The van der Waals surface area contributed by atoms with Gasteiger partial charge in [-0.1, -0.05) is 35.9 Å². The molecular weight excluding hydrogens is 321 g/mol. The molecule has 5 atom stereocenters. The Labute approximate surface area is 121 Å². The first-order valence-electron chi connectivity index (χ1n) is 7.49. The van der Waals surface area contributed by atoms with E-state index in [2.05, 4.69) is 41.3 Å². The molecule has 2 fully saturated rings. The second-order valence-corrected chi connectivity index (χ2v) is 7.41. The Morgan fingerprint density at radius 3 is 2.71 bits per heavy atom. The lowest BCUT2D eigenvalue weighted by Gasteiger charge is -2.30. The highest BCUT2D eigenvalue weighted by atomic mass is 127. The highest BCUT2D eigenvalue weighted by Gasteiger charge is 2.27. The molecule has 0 spiro atoms. The zero-order valence-electron chi connectivity index (χ0n) is 11.5. The van der Waals surface area contributed by atoms with Gasteiger partial charge in [-0.3, -0.25) is 0 Å². The van der Waals surface area contributed by atoms with E-state index in [1.165, 1.54) is 56.0 Å². The van der Waals surface area contributed by atoms with Gasteiger partial charge in [0.2, 0.25) is 0 Å². The van der Waals surface area contributed by atoms with E-state index in [0.29, 0.717) is 0 Å². The van der Waals surface area contributed by atoms with E-state index in [0.717, 1.165) is 23.8 Å². The highest BCUT2D eigenvalue weighted by molar-refractivity contribution is 14.1. The maximum Gasteiger partial charge on any atom is 0.00670 e. The summed E-state index contributed by atoms with van der Waals surface area (Å²) in [4.78, 5) is 2.77. The van der Waals surface area contributed by atoms with Gasteiger partial charge in [-0.05, 0) is 63.3 Å². The van der Waals surface area contributed by atoms with Crippen LogP contribution in [0.15, 0.2) is 0 Å². The Kier molecular flexibility index (Phi) is 5.59. The molecule has 2 heterocycles. The molecule has 0 N–H and O–H groups in total. The molecule has 2 heteroatoms. The second-order valence-electron chi connectivity index (χ2n) is 6.53. The van der Waals surface area contributed by atoms with Crippen LogP contribution in [-0.2, 0) is 0 Å². The van der Waals surface area contributed by atoms with E-state index >= 15 is 0 Å². The monoisotopic (exact) mass is 349 g/mol. The highest BCUT2D eigenvalue weighted by Crippen LogP contribution is 2.32. The van der Waals surface area contributed by atoms with Crippen LogP contribution in [0.3, 0.4) is 0 Å². The molecule has 100 valence electrons. The molecule has 2 bridgehead atoms. The average Bonchev–Trinajstić information content (AvgIpc) is 2.50. The minimum absolute atomic E-state index is 0.823. The lowest BCUT2D eigenvalue weighted by Crippen LogP contribution is -2.36. The summed E-state index contributed by atoms with van der Waals surface area (Å²) in [5.74, 6) is 2.93. The van der Waals surface area contributed by atoms with Gasteiger partial charge in [0.15, 0.2) is 0 Å². The fourth-order valence-corrected chi connectivity index (χ4v) is 4.63.